The predicted molar refractivity (Wildman–Crippen MR) is 107 cm³/mol. The first-order valence-corrected chi connectivity index (χ1v) is 9.71. The first-order valence-electron chi connectivity index (χ1n) is 8.56. The molecule has 146 valence electrons. The van der Waals surface area contributed by atoms with Gasteiger partial charge in [-0.2, -0.15) is 0 Å². The molecule has 0 saturated carbocycles. The quantitative estimate of drug-likeness (QED) is 0.121. The van der Waals surface area contributed by atoms with Gasteiger partial charge in [0, 0.05) is 30.3 Å². The monoisotopic (exact) mass is 400 g/mol. The average molecular weight is 400 g/mol. The Kier molecular flexibility index (Phi) is 7.34. The predicted octanol–water partition coefficient (Wildman–Crippen LogP) is 4.82. The molecule has 0 aliphatic rings. The van der Waals surface area contributed by atoms with Gasteiger partial charge in [-0.1, -0.05) is 22.5 Å². The Hall–Kier alpha value is -2.97. The largest absolute Gasteiger partial charge is 0.493 e. The van der Waals surface area contributed by atoms with Crippen molar-refractivity contribution >= 4 is 18.4 Å². The molecule has 3 aromatic rings. The zero-order chi connectivity index (χ0) is 19.6. The van der Waals surface area contributed by atoms with Gasteiger partial charge in [-0.15, -0.1) is 0 Å². The van der Waals surface area contributed by atoms with Crippen molar-refractivity contribution in [3.8, 4) is 23.0 Å². The Bertz CT molecular complexity index is 881. The average Bonchev–Trinajstić information content (AvgIpc) is 3.10. The minimum absolute atomic E-state index is 0.489. The Labute approximate surface area is 167 Å². The van der Waals surface area contributed by atoms with Crippen molar-refractivity contribution in [2.75, 3.05) is 12.9 Å². The number of hydrogen-bond acceptors (Lipinski definition) is 8. The third-order valence-electron chi connectivity index (χ3n) is 3.72. The highest BCUT2D eigenvalue weighted by Crippen LogP contribution is 2.22. The Morgan fingerprint density at radius 2 is 1.82 bits per heavy atom. The van der Waals surface area contributed by atoms with E-state index in [9.17, 15) is 0 Å². The number of hydrogen-bond donors (Lipinski definition) is 0. The van der Waals surface area contributed by atoms with Crippen molar-refractivity contribution in [1.82, 2.24) is 4.98 Å². The molecule has 1 heterocycles. The molecular weight excluding hydrogens is 380 g/mol. The van der Waals surface area contributed by atoms with Gasteiger partial charge in [-0.25, -0.2) is 9.97 Å². The number of rotatable bonds is 10. The number of aryl methyl sites for hydroxylation is 1. The van der Waals surface area contributed by atoms with Crippen LogP contribution in [0, 0.1) is 6.92 Å². The minimum atomic E-state index is 0.489. The SMILES string of the molecule is CSOO/N=C/Oc1ccc(OCCc2nc(-c3ccccc3)oc2C)cc1. The van der Waals surface area contributed by atoms with Gasteiger partial charge < -0.3 is 13.9 Å². The highest BCUT2D eigenvalue weighted by atomic mass is 32.2. The number of ether oxygens (including phenoxy) is 2. The fourth-order valence-electron chi connectivity index (χ4n) is 2.39. The summed E-state index contributed by atoms with van der Waals surface area (Å²) in [6.45, 7) is 2.40. The minimum Gasteiger partial charge on any atom is -0.493 e. The summed E-state index contributed by atoms with van der Waals surface area (Å²) in [5.74, 6) is 2.76. The van der Waals surface area contributed by atoms with Crippen LogP contribution in [-0.4, -0.2) is 24.2 Å². The smallest absolute Gasteiger partial charge is 0.226 e. The number of benzene rings is 2. The van der Waals surface area contributed by atoms with Crippen molar-refractivity contribution < 1.29 is 23.2 Å². The van der Waals surface area contributed by atoms with E-state index in [0.29, 0.717) is 24.7 Å². The van der Waals surface area contributed by atoms with Crippen molar-refractivity contribution in [3.05, 3.63) is 66.1 Å². The van der Waals surface area contributed by atoms with Crippen molar-refractivity contribution in [1.29, 1.82) is 0 Å². The van der Waals surface area contributed by atoms with Gasteiger partial charge in [0.1, 0.15) is 17.3 Å². The van der Waals surface area contributed by atoms with Gasteiger partial charge in [-0.05, 0) is 48.5 Å². The molecule has 0 amide bonds. The van der Waals surface area contributed by atoms with Gasteiger partial charge in [0.05, 0.1) is 12.3 Å². The fourth-order valence-corrected chi connectivity index (χ4v) is 2.49. The zero-order valence-corrected chi connectivity index (χ0v) is 16.3. The zero-order valence-electron chi connectivity index (χ0n) is 15.5. The lowest BCUT2D eigenvalue weighted by atomic mass is 10.2. The fraction of sp³-hybridized carbons (Fsp3) is 0.200. The van der Waals surface area contributed by atoms with Crippen LogP contribution in [0.3, 0.4) is 0 Å². The van der Waals surface area contributed by atoms with E-state index in [-0.39, 0.29) is 0 Å². The molecular formula is C20H20N2O5S. The lowest BCUT2D eigenvalue weighted by Crippen LogP contribution is -2.02. The van der Waals surface area contributed by atoms with Crippen molar-refractivity contribution in [2.45, 2.75) is 13.3 Å². The summed E-state index contributed by atoms with van der Waals surface area (Å²) >= 11 is 1.04. The summed E-state index contributed by atoms with van der Waals surface area (Å²) in [5.41, 5.74) is 1.85. The molecule has 0 saturated heterocycles. The highest BCUT2D eigenvalue weighted by Gasteiger charge is 2.11. The van der Waals surface area contributed by atoms with Crippen LogP contribution < -0.4 is 9.47 Å². The van der Waals surface area contributed by atoms with Crippen molar-refractivity contribution in [2.24, 2.45) is 5.16 Å². The summed E-state index contributed by atoms with van der Waals surface area (Å²) in [7, 11) is 0. The molecule has 8 heteroatoms. The molecule has 3 rings (SSSR count). The van der Waals surface area contributed by atoms with Crippen LogP contribution in [0.15, 0.2) is 64.2 Å². The molecule has 0 radical (unpaired) electrons. The molecule has 0 aliphatic heterocycles. The van der Waals surface area contributed by atoms with Gasteiger partial charge in [0.15, 0.2) is 0 Å². The molecule has 0 bridgehead atoms. The second-order valence-electron chi connectivity index (χ2n) is 5.60. The molecule has 2 aromatic carbocycles. The van der Waals surface area contributed by atoms with E-state index in [1.807, 2.05) is 49.4 Å². The Morgan fingerprint density at radius 1 is 1.07 bits per heavy atom. The number of nitrogens with zero attached hydrogens (tertiary/aromatic N) is 2. The summed E-state index contributed by atoms with van der Waals surface area (Å²) in [6, 6.07) is 17.0. The summed E-state index contributed by atoms with van der Waals surface area (Å²) < 4.78 is 21.3. The number of oxime groups is 1. The van der Waals surface area contributed by atoms with Gasteiger partial charge >= 0.3 is 0 Å². The van der Waals surface area contributed by atoms with E-state index in [2.05, 4.69) is 19.5 Å². The maximum absolute atomic E-state index is 5.77. The van der Waals surface area contributed by atoms with Gasteiger partial charge in [0.25, 0.3) is 0 Å². The van der Waals surface area contributed by atoms with Gasteiger partial charge in [-0.3, -0.25) is 0 Å². The maximum Gasteiger partial charge on any atom is 0.226 e. The van der Waals surface area contributed by atoms with Crippen molar-refractivity contribution in [3.63, 3.8) is 0 Å². The number of aromatic nitrogens is 1. The Morgan fingerprint density at radius 3 is 2.57 bits per heavy atom. The number of oxazole rings is 1. The van der Waals surface area contributed by atoms with Crippen LogP contribution in [0.1, 0.15) is 11.5 Å². The van der Waals surface area contributed by atoms with Crippen LogP contribution in [0.2, 0.25) is 0 Å². The van der Waals surface area contributed by atoms with E-state index < -0.39 is 0 Å². The molecule has 7 nitrogen and oxygen atoms in total. The molecule has 0 fully saturated rings. The summed E-state index contributed by atoms with van der Waals surface area (Å²) in [6.07, 6.45) is 3.50. The van der Waals surface area contributed by atoms with E-state index in [4.69, 9.17) is 13.9 Å². The molecule has 0 atom stereocenters. The van der Waals surface area contributed by atoms with E-state index in [1.165, 1.54) is 0 Å². The van der Waals surface area contributed by atoms with Crippen LogP contribution in [0.4, 0.5) is 0 Å². The van der Waals surface area contributed by atoms with Crippen LogP contribution in [-0.2, 0) is 15.7 Å². The third-order valence-corrected chi connectivity index (χ3v) is 3.91. The third kappa shape index (κ3) is 5.77. The molecule has 0 unspecified atom stereocenters. The van der Waals surface area contributed by atoms with Crippen LogP contribution in [0.25, 0.3) is 11.5 Å². The Balaban J connectivity index is 1.47. The molecule has 0 spiro atoms. The highest BCUT2D eigenvalue weighted by molar-refractivity contribution is 7.93. The second kappa shape index (κ2) is 10.4. The van der Waals surface area contributed by atoms with E-state index in [1.54, 1.807) is 18.4 Å². The topological polar surface area (TPSA) is 75.3 Å². The molecule has 0 aliphatic carbocycles. The van der Waals surface area contributed by atoms with Crippen LogP contribution in [0.5, 0.6) is 11.5 Å². The first kappa shape index (κ1) is 19.8. The standard InChI is InChI=1S/C20H20N2O5S/c1-15-19(22-20(25-15)16-6-4-3-5-7-16)12-13-23-17-8-10-18(11-9-17)24-14-21-26-27-28-2/h3-11,14H,12-13H2,1-2H3/b21-14+. The van der Waals surface area contributed by atoms with E-state index >= 15 is 0 Å². The lowest BCUT2D eigenvalue weighted by Gasteiger charge is -2.06. The normalized spacial score (nSPS) is 10.9. The van der Waals surface area contributed by atoms with Crippen LogP contribution >= 0.6 is 12.0 Å². The molecule has 0 N–H and O–H groups in total. The van der Waals surface area contributed by atoms with Gasteiger partial charge in [0.2, 0.25) is 12.3 Å². The summed E-state index contributed by atoms with van der Waals surface area (Å²) in [4.78, 5) is 9.01. The molecule has 1 aromatic heterocycles. The molecule has 28 heavy (non-hydrogen) atoms. The second-order valence-corrected chi connectivity index (χ2v) is 6.07. The summed E-state index contributed by atoms with van der Waals surface area (Å²) in [5, 5.41) is 3.46. The first-order chi connectivity index (χ1) is 13.8. The lowest BCUT2D eigenvalue weighted by molar-refractivity contribution is -0.190. The van der Waals surface area contributed by atoms with E-state index in [0.717, 1.165) is 41.2 Å². The maximum atomic E-state index is 5.77.